The number of hydrogen-bond acceptors (Lipinski definition) is 3. The molecule has 4 atom stereocenters. The van der Waals surface area contributed by atoms with E-state index in [9.17, 15) is 13.5 Å². The predicted molar refractivity (Wildman–Crippen MR) is 67.0 cm³/mol. The number of aliphatic hydroxyl groups is 1. The standard InChI is InChI=1S/C12H23NO3S/c1-2-3-6-17(15,16)13-12-10-5-4-9(7-10)11(12)8-14/h9-14H,2-8H2,1H3/t9-,10-,11-,12-/m1/s1. The molecule has 0 aromatic heterocycles. The van der Waals surface area contributed by atoms with E-state index in [1.54, 1.807) is 0 Å². The summed E-state index contributed by atoms with van der Waals surface area (Å²) in [5.41, 5.74) is 0. The minimum atomic E-state index is -3.15. The highest BCUT2D eigenvalue weighted by Gasteiger charge is 2.48. The van der Waals surface area contributed by atoms with Crippen LogP contribution in [0.2, 0.25) is 0 Å². The highest BCUT2D eigenvalue weighted by molar-refractivity contribution is 7.89. The smallest absolute Gasteiger partial charge is 0.211 e. The fourth-order valence-electron chi connectivity index (χ4n) is 3.46. The van der Waals surface area contributed by atoms with Gasteiger partial charge < -0.3 is 5.11 Å². The number of sulfonamides is 1. The van der Waals surface area contributed by atoms with Crippen LogP contribution in [-0.2, 0) is 10.0 Å². The maximum atomic E-state index is 11.9. The molecule has 0 aliphatic heterocycles. The van der Waals surface area contributed by atoms with E-state index in [1.165, 1.54) is 0 Å². The van der Waals surface area contributed by atoms with Crippen LogP contribution in [0, 0.1) is 17.8 Å². The van der Waals surface area contributed by atoms with Crippen molar-refractivity contribution in [2.24, 2.45) is 17.8 Å². The Balaban J connectivity index is 1.98. The number of hydrogen-bond donors (Lipinski definition) is 2. The van der Waals surface area contributed by atoms with Crippen LogP contribution in [0.4, 0.5) is 0 Å². The molecule has 2 aliphatic carbocycles. The van der Waals surface area contributed by atoms with Gasteiger partial charge in [0, 0.05) is 18.6 Å². The van der Waals surface area contributed by atoms with E-state index < -0.39 is 10.0 Å². The van der Waals surface area contributed by atoms with E-state index >= 15 is 0 Å². The number of unbranched alkanes of at least 4 members (excludes halogenated alkanes) is 1. The van der Waals surface area contributed by atoms with Gasteiger partial charge in [-0.3, -0.25) is 0 Å². The minimum Gasteiger partial charge on any atom is -0.396 e. The molecule has 0 amide bonds. The Morgan fingerprint density at radius 1 is 1.29 bits per heavy atom. The zero-order valence-corrected chi connectivity index (χ0v) is 11.2. The molecule has 0 aromatic rings. The summed E-state index contributed by atoms with van der Waals surface area (Å²) < 4.78 is 26.6. The average molecular weight is 261 g/mol. The van der Waals surface area contributed by atoms with Crippen molar-refractivity contribution in [3.63, 3.8) is 0 Å². The van der Waals surface area contributed by atoms with Crippen molar-refractivity contribution in [3.05, 3.63) is 0 Å². The molecule has 2 bridgehead atoms. The molecule has 0 unspecified atom stereocenters. The maximum absolute atomic E-state index is 11.9. The molecular weight excluding hydrogens is 238 g/mol. The van der Waals surface area contributed by atoms with Crippen LogP contribution >= 0.6 is 0 Å². The first-order valence-corrected chi connectivity index (χ1v) is 8.33. The summed E-state index contributed by atoms with van der Waals surface area (Å²) in [6.07, 6.45) is 4.96. The van der Waals surface area contributed by atoms with Crippen molar-refractivity contribution in [2.45, 2.75) is 45.1 Å². The fraction of sp³-hybridized carbons (Fsp3) is 1.00. The molecule has 2 N–H and O–H groups in total. The van der Waals surface area contributed by atoms with Crippen LogP contribution in [0.15, 0.2) is 0 Å². The molecule has 2 aliphatic rings. The van der Waals surface area contributed by atoms with Gasteiger partial charge in [-0.1, -0.05) is 13.3 Å². The lowest BCUT2D eigenvalue weighted by Gasteiger charge is -2.30. The van der Waals surface area contributed by atoms with Gasteiger partial charge in [0.15, 0.2) is 0 Å². The summed E-state index contributed by atoms with van der Waals surface area (Å²) in [7, 11) is -3.15. The lowest BCUT2D eigenvalue weighted by Crippen LogP contribution is -2.45. The van der Waals surface area contributed by atoms with Gasteiger partial charge in [0.05, 0.1) is 5.75 Å². The number of aliphatic hydroxyl groups excluding tert-OH is 1. The Labute approximate surface area is 104 Å². The van der Waals surface area contributed by atoms with Gasteiger partial charge in [-0.05, 0) is 37.5 Å². The Kier molecular flexibility index (Phi) is 4.10. The monoisotopic (exact) mass is 261 g/mol. The SMILES string of the molecule is CCCCS(=O)(=O)N[C@@H]1[C@@H]2CC[C@H](C2)[C@H]1CO. The molecule has 0 radical (unpaired) electrons. The summed E-state index contributed by atoms with van der Waals surface area (Å²) in [6, 6.07) is -0.0133. The first-order valence-electron chi connectivity index (χ1n) is 6.68. The van der Waals surface area contributed by atoms with Crippen LogP contribution in [0.1, 0.15) is 39.0 Å². The number of fused-ring (bicyclic) bond motifs is 2. The third-order valence-electron chi connectivity index (χ3n) is 4.38. The molecule has 17 heavy (non-hydrogen) atoms. The van der Waals surface area contributed by atoms with E-state index in [0.717, 1.165) is 25.7 Å². The molecule has 0 saturated heterocycles. The largest absolute Gasteiger partial charge is 0.396 e. The van der Waals surface area contributed by atoms with Gasteiger partial charge in [-0.15, -0.1) is 0 Å². The zero-order valence-electron chi connectivity index (χ0n) is 10.4. The molecule has 0 aromatic carbocycles. The first-order chi connectivity index (χ1) is 8.07. The molecule has 0 spiro atoms. The van der Waals surface area contributed by atoms with Crippen LogP contribution in [0.25, 0.3) is 0 Å². The third kappa shape index (κ3) is 2.83. The topological polar surface area (TPSA) is 66.4 Å². The van der Waals surface area contributed by atoms with Crippen molar-refractivity contribution in [1.82, 2.24) is 4.72 Å². The van der Waals surface area contributed by atoms with Crippen molar-refractivity contribution < 1.29 is 13.5 Å². The third-order valence-corrected chi connectivity index (χ3v) is 5.84. The highest BCUT2D eigenvalue weighted by Crippen LogP contribution is 2.48. The van der Waals surface area contributed by atoms with Gasteiger partial charge in [0.1, 0.15) is 0 Å². The number of rotatable bonds is 6. The van der Waals surface area contributed by atoms with E-state index in [-0.39, 0.29) is 24.3 Å². The van der Waals surface area contributed by atoms with E-state index in [4.69, 9.17) is 0 Å². The summed E-state index contributed by atoms with van der Waals surface area (Å²) in [6.45, 7) is 2.10. The Morgan fingerprint density at radius 3 is 2.65 bits per heavy atom. The van der Waals surface area contributed by atoms with Crippen LogP contribution in [0.3, 0.4) is 0 Å². The summed E-state index contributed by atoms with van der Waals surface area (Å²) in [4.78, 5) is 0. The number of nitrogens with one attached hydrogen (secondary N) is 1. The summed E-state index contributed by atoms with van der Waals surface area (Å²) in [5, 5.41) is 9.40. The molecule has 2 fully saturated rings. The summed E-state index contributed by atoms with van der Waals surface area (Å²) in [5.74, 6) is 1.35. The van der Waals surface area contributed by atoms with E-state index in [2.05, 4.69) is 4.72 Å². The Morgan fingerprint density at radius 2 is 2.00 bits per heavy atom. The van der Waals surface area contributed by atoms with Crippen molar-refractivity contribution in [1.29, 1.82) is 0 Å². The van der Waals surface area contributed by atoms with Crippen molar-refractivity contribution in [2.75, 3.05) is 12.4 Å². The second-order valence-corrected chi connectivity index (χ2v) is 7.37. The molecule has 2 rings (SSSR count). The van der Waals surface area contributed by atoms with Crippen LogP contribution in [0.5, 0.6) is 0 Å². The molecule has 2 saturated carbocycles. The quantitative estimate of drug-likeness (QED) is 0.753. The molecule has 5 heteroatoms. The minimum absolute atomic E-state index is 0.0133. The fourth-order valence-corrected chi connectivity index (χ4v) is 5.03. The molecule has 0 heterocycles. The summed E-state index contributed by atoms with van der Waals surface area (Å²) >= 11 is 0. The van der Waals surface area contributed by atoms with Gasteiger partial charge in [0.25, 0.3) is 0 Å². The highest BCUT2D eigenvalue weighted by atomic mass is 32.2. The normalized spacial score (nSPS) is 36.6. The molecule has 4 nitrogen and oxygen atoms in total. The molecular formula is C12H23NO3S. The second-order valence-electron chi connectivity index (χ2n) is 5.50. The Bertz CT molecular complexity index is 355. The van der Waals surface area contributed by atoms with Gasteiger partial charge in [-0.2, -0.15) is 0 Å². The average Bonchev–Trinajstić information content (AvgIpc) is 2.86. The van der Waals surface area contributed by atoms with Crippen LogP contribution in [-0.4, -0.2) is 31.9 Å². The first kappa shape index (κ1) is 13.3. The maximum Gasteiger partial charge on any atom is 0.211 e. The van der Waals surface area contributed by atoms with E-state index in [1.807, 2.05) is 6.92 Å². The predicted octanol–water partition coefficient (Wildman–Crippen LogP) is 1.11. The van der Waals surface area contributed by atoms with Gasteiger partial charge in [-0.25, -0.2) is 13.1 Å². The van der Waals surface area contributed by atoms with Gasteiger partial charge >= 0.3 is 0 Å². The van der Waals surface area contributed by atoms with Crippen molar-refractivity contribution in [3.8, 4) is 0 Å². The zero-order chi connectivity index (χ0) is 12.5. The Hall–Kier alpha value is -0.130. The van der Waals surface area contributed by atoms with Crippen molar-refractivity contribution >= 4 is 10.0 Å². The van der Waals surface area contributed by atoms with Gasteiger partial charge in [0.2, 0.25) is 10.0 Å². The lowest BCUT2D eigenvalue weighted by atomic mass is 9.86. The molecule has 100 valence electrons. The lowest BCUT2D eigenvalue weighted by molar-refractivity contribution is 0.153. The second kappa shape index (κ2) is 5.24. The van der Waals surface area contributed by atoms with Crippen LogP contribution < -0.4 is 4.72 Å². The van der Waals surface area contributed by atoms with E-state index in [0.29, 0.717) is 18.3 Å².